The lowest BCUT2D eigenvalue weighted by atomic mass is 10.0. The number of carbonyl (C=O) groups excluding carboxylic acids is 1. The summed E-state index contributed by atoms with van der Waals surface area (Å²) in [6.07, 6.45) is 1.67. The number of nitrogens with zero attached hydrogens (tertiary/aromatic N) is 6. The molecule has 5 rings (SSSR count). The van der Waals surface area contributed by atoms with Crippen LogP contribution in [0, 0.1) is 6.92 Å². The molecule has 1 fully saturated rings. The monoisotopic (exact) mass is 429 g/mol. The zero-order valence-corrected chi connectivity index (χ0v) is 17.7. The van der Waals surface area contributed by atoms with Gasteiger partial charge in [0.2, 0.25) is 11.7 Å². The predicted molar refractivity (Wildman–Crippen MR) is 119 cm³/mol. The van der Waals surface area contributed by atoms with E-state index in [1.165, 1.54) is 5.56 Å². The maximum Gasteiger partial charge on any atom is 0.272 e. The van der Waals surface area contributed by atoms with Crippen molar-refractivity contribution in [3.05, 3.63) is 70.1 Å². The number of aryl methyl sites for hydroxylation is 1. The Morgan fingerprint density at radius 1 is 1.06 bits per heavy atom. The topological polar surface area (TPSA) is 110 Å². The van der Waals surface area contributed by atoms with Gasteiger partial charge in [0, 0.05) is 24.0 Å². The van der Waals surface area contributed by atoms with E-state index in [9.17, 15) is 9.59 Å². The third-order valence-corrected chi connectivity index (χ3v) is 5.98. The molecule has 0 aliphatic carbocycles. The molecular weight excluding hydrogens is 406 g/mol. The summed E-state index contributed by atoms with van der Waals surface area (Å²) < 4.78 is 0. The molecular formula is C23H23N7O2. The van der Waals surface area contributed by atoms with Crippen LogP contribution in [0.1, 0.15) is 30.1 Å². The van der Waals surface area contributed by atoms with E-state index >= 15 is 0 Å². The molecule has 0 radical (unpaired) electrons. The molecule has 9 nitrogen and oxygen atoms in total. The first-order valence-corrected chi connectivity index (χ1v) is 10.7. The van der Waals surface area contributed by atoms with Crippen LogP contribution >= 0.6 is 0 Å². The van der Waals surface area contributed by atoms with Crippen LogP contribution in [0.5, 0.6) is 0 Å². The smallest absolute Gasteiger partial charge is 0.272 e. The number of aromatic amines is 1. The highest BCUT2D eigenvalue weighted by atomic mass is 16.2. The average molecular weight is 429 g/mol. The Balaban J connectivity index is 1.24. The number of aromatic nitrogens is 6. The first-order chi connectivity index (χ1) is 15.6. The molecule has 0 spiro atoms. The second kappa shape index (κ2) is 8.33. The molecule has 162 valence electrons. The van der Waals surface area contributed by atoms with Gasteiger partial charge in [0.1, 0.15) is 0 Å². The van der Waals surface area contributed by atoms with Gasteiger partial charge in [-0.25, -0.2) is 5.10 Å². The predicted octanol–water partition coefficient (Wildman–Crippen LogP) is 2.29. The molecule has 32 heavy (non-hydrogen) atoms. The van der Waals surface area contributed by atoms with Crippen molar-refractivity contribution in [2.45, 2.75) is 32.2 Å². The molecule has 0 unspecified atom stereocenters. The molecule has 1 aliphatic heterocycles. The number of rotatable bonds is 4. The first kappa shape index (κ1) is 20.0. The van der Waals surface area contributed by atoms with Gasteiger partial charge in [-0.2, -0.15) is 9.90 Å². The largest absolute Gasteiger partial charge is 0.342 e. The molecule has 0 atom stereocenters. The van der Waals surface area contributed by atoms with E-state index in [4.69, 9.17) is 0 Å². The van der Waals surface area contributed by atoms with Crippen LogP contribution in [-0.4, -0.2) is 54.3 Å². The molecule has 1 saturated heterocycles. The third kappa shape index (κ3) is 3.89. The molecule has 9 heteroatoms. The van der Waals surface area contributed by atoms with Crippen molar-refractivity contribution in [1.29, 1.82) is 0 Å². The quantitative estimate of drug-likeness (QED) is 0.533. The minimum Gasteiger partial charge on any atom is -0.342 e. The van der Waals surface area contributed by atoms with Gasteiger partial charge in [-0.1, -0.05) is 48.0 Å². The number of tetrazole rings is 1. The Labute approximate surface area is 184 Å². The van der Waals surface area contributed by atoms with Crippen molar-refractivity contribution < 1.29 is 4.79 Å². The number of hydrogen-bond donors (Lipinski definition) is 1. The van der Waals surface area contributed by atoms with E-state index < -0.39 is 0 Å². The molecule has 2 aromatic heterocycles. The van der Waals surface area contributed by atoms with Gasteiger partial charge >= 0.3 is 0 Å². The number of fused-ring (bicyclic) bond motifs is 1. The molecule has 0 bridgehead atoms. The van der Waals surface area contributed by atoms with Gasteiger partial charge in [0.15, 0.2) is 0 Å². The molecule has 4 aromatic rings. The zero-order valence-electron chi connectivity index (χ0n) is 17.7. The van der Waals surface area contributed by atoms with E-state index in [2.05, 4.69) is 25.6 Å². The number of carbonyl (C=O) groups is 1. The Kier molecular flexibility index (Phi) is 5.22. The third-order valence-electron chi connectivity index (χ3n) is 5.98. The van der Waals surface area contributed by atoms with Crippen LogP contribution < -0.4 is 5.56 Å². The summed E-state index contributed by atoms with van der Waals surface area (Å²) >= 11 is 0. The van der Waals surface area contributed by atoms with E-state index in [0.717, 1.165) is 23.8 Å². The lowest BCUT2D eigenvalue weighted by Crippen LogP contribution is -2.40. The van der Waals surface area contributed by atoms with Gasteiger partial charge in [-0.05, 0) is 31.0 Å². The normalized spacial score (nSPS) is 14.7. The Morgan fingerprint density at radius 2 is 1.78 bits per heavy atom. The SMILES string of the molecule is Cc1ccc(-c2nnn(C3CCN(C(=O)Cc4n[nH]c(=O)c5ccccc45)CC3)n2)cc1. The molecule has 1 N–H and O–H groups in total. The van der Waals surface area contributed by atoms with Crippen molar-refractivity contribution >= 4 is 16.7 Å². The number of piperidine rings is 1. The van der Waals surface area contributed by atoms with Gasteiger partial charge in [-0.3, -0.25) is 9.59 Å². The van der Waals surface area contributed by atoms with Gasteiger partial charge in [-0.15, -0.1) is 10.2 Å². The highest BCUT2D eigenvalue weighted by Crippen LogP contribution is 2.23. The van der Waals surface area contributed by atoms with E-state index in [-0.39, 0.29) is 23.9 Å². The van der Waals surface area contributed by atoms with E-state index in [0.29, 0.717) is 30.0 Å². The summed E-state index contributed by atoms with van der Waals surface area (Å²) in [5, 5.41) is 20.9. The van der Waals surface area contributed by atoms with Crippen LogP contribution in [-0.2, 0) is 11.2 Å². The summed E-state index contributed by atoms with van der Waals surface area (Å²) in [6, 6.07) is 15.4. The lowest BCUT2D eigenvalue weighted by Gasteiger charge is -2.31. The van der Waals surface area contributed by atoms with Crippen molar-refractivity contribution in [2.24, 2.45) is 0 Å². The van der Waals surface area contributed by atoms with E-state index in [1.54, 1.807) is 16.9 Å². The minimum absolute atomic E-state index is 0.0000425. The van der Waals surface area contributed by atoms with Crippen LogP contribution in [0.25, 0.3) is 22.2 Å². The minimum atomic E-state index is -0.247. The van der Waals surface area contributed by atoms with Crippen molar-refractivity contribution in [1.82, 2.24) is 35.3 Å². The number of H-pyrrole nitrogens is 1. The number of hydrogen-bond acceptors (Lipinski definition) is 6. The van der Waals surface area contributed by atoms with Crippen molar-refractivity contribution in [2.75, 3.05) is 13.1 Å². The standard InChI is InChI=1S/C23H23N7O2/c1-15-6-8-16(9-7-15)22-25-28-30(27-22)17-10-12-29(13-11-17)21(31)14-20-18-4-2-3-5-19(18)23(32)26-24-20/h2-9,17H,10-14H2,1H3,(H,26,32). The van der Waals surface area contributed by atoms with Crippen LogP contribution in [0.4, 0.5) is 0 Å². The molecule has 0 saturated carbocycles. The summed E-state index contributed by atoms with van der Waals surface area (Å²) in [4.78, 5) is 28.4. The lowest BCUT2D eigenvalue weighted by molar-refractivity contribution is -0.131. The van der Waals surface area contributed by atoms with Crippen LogP contribution in [0.15, 0.2) is 53.3 Å². The fraction of sp³-hybridized carbons (Fsp3) is 0.304. The number of nitrogens with one attached hydrogen (secondary N) is 1. The molecule has 1 amide bonds. The second-order valence-corrected chi connectivity index (χ2v) is 8.13. The average Bonchev–Trinajstić information content (AvgIpc) is 3.32. The molecule has 1 aliphatic rings. The van der Waals surface area contributed by atoms with Crippen LogP contribution in [0.2, 0.25) is 0 Å². The number of amides is 1. The maximum atomic E-state index is 12.9. The van der Waals surface area contributed by atoms with E-state index in [1.807, 2.05) is 48.2 Å². The summed E-state index contributed by atoms with van der Waals surface area (Å²) in [5.41, 5.74) is 2.47. The molecule has 2 aromatic carbocycles. The fourth-order valence-electron chi connectivity index (χ4n) is 4.11. The Hall–Kier alpha value is -3.88. The number of likely N-dealkylation sites (tertiary alicyclic amines) is 1. The summed E-state index contributed by atoms with van der Waals surface area (Å²) in [5.74, 6) is 0.611. The summed E-state index contributed by atoms with van der Waals surface area (Å²) in [7, 11) is 0. The molecule has 3 heterocycles. The first-order valence-electron chi connectivity index (χ1n) is 10.7. The summed E-state index contributed by atoms with van der Waals surface area (Å²) in [6.45, 7) is 3.27. The maximum absolute atomic E-state index is 12.9. The van der Waals surface area contributed by atoms with Gasteiger partial charge in [0.05, 0.1) is 23.5 Å². The highest BCUT2D eigenvalue weighted by molar-refractivity contribution is 5.88. The Morgan fingerprint density at radius 3 is 2.53 bits per heavy atom. The van der Waals surface area contributed by atoms with Gasteiger partial charge in [0.25, 0.3) is 5.56 Å². The van der Waals surface area contributed by atoms with Gasteiger partial charge < -0.3 is 4.90 Å². The number of benzene rings is 2. The Bertz CT molecular complexity index is 1320. The highest BCUT2D eigenvalue weighted by Gasteiger charge is 2.26. The van der Waals surface area contributed by atoms with Crippen molar-refractivity contribution in [3.8, 4) is 11.4 Å². The zero-order chi connectivity index (χ0) is 22.1. The fourth-order valence-corrected chi connectivity index (χ4v) is 4.11. The van der Waals surface area contributed by atoms with Crippen LogP contribution in [0.3, 0.4) is 0 Å². The second-order valence-electron chi connectivity index (χ2n) is 8.13. The van der Waals surface area contributed by atoms with Crippen molar-refractivity contribution in [3.63, 3.8) is 0 Å².